The van der Waals surface area contributed by atoms with Gasteiger partial charge in [-0.1, -0.05) is 55.5 Å². The number of oxazole rings is 1. The van der Waals surface area contributed by atoms with Gasteiger partial charge in [-0.15, -0.1) is 0 Å². The summed E-state index contributed by atoms with van der Waals surface area (Å²) in [7, 11) is 1.54. The summed E-state index contributed by atoms with van der Waals surface area (Å²) in [4.78, 5) is 20.9. The van der Waals surface area contributed by atoms with Crippen LogP contribution in [0.25, 0.3) is 10.9 Å². The van der Waals surface area contributed by atoms with Crippen LogP contribution in [0.1, 0.15) is 29.7 Å². The Morgan fingerprint density at radius 2 is 1.93 bits per heavy atom. The lowest BCUT2D eigenvalue weighted by atomic mass is 9.98. The molecule has 0 unspecified atom stereocenters. The largest absolute Gasteiger partial charge is 0.491 e. The fourth-order valence-corrected chi connectivity index (χ4v) is 3.37. The van der Waals surface area contributed by atoms with Crippen molar-refractivity contribution in [1.82, 2.24) is 9.97 Å². The van der Waals surface area contributed by atoms with E-state index in [1.807, 2.05) is 67.7 Å². The summed E-state index contributed by atoms with van der Waals surface area (Å²) in [5, 5.41) is 11.4. The number of likely N-dealkylation sites (N-methyl/N-ethyl adjacent to an activating group) is 1. The van der Waals surface area contributed by atoms with Crippen LogP contribution in [-0.2, 0) is 16.1 Å². The molecule has 2 aromatic heterocycles. The molecule has 0 aliphatic heterocycles. The number of amides is 1. The van der Waals surface area contributed by atoms with Gasteiger partial charge in [0, 0.05) is 30.1 Å². The third-order valence-electron chi connectivity index (χ3n) is 5.10. The van der Waals surface area contributed by atoms with Crippen LogP contribution < -0.4 is 4.90 Å². The minimum Gasteiger partial charge on any atom is -0.491 e. The number of anilines is 1. The molecule has 2 heterocycles. The topological polar surface area (TPSA) is 91.6 Å². The summed E-state index contributed by atoms with van der Waals surface area (Å²) in [5.74, 6) is -0.494. The second kappa shape index (κ2) is 8.42. The lowest BCUT2D eigenvalue weighted by Crippen LogP contribution is -2.30. The summed E-state index contributed by atoms with van der Waals surface area (Å²) in [5.41, 5.74) is 2.96. The van der Waals surface area contributed by atoms with Crippen molar-refractivity contribution in [2.75, 3.05) is 18.6 Å². The summed E-state index contributed by atoms with van der Waals surface area (Å²) >= 11 is 0. The van der Waals surface area contributed by atoms with Crippen molar-refractivity contribution < 1.29 is 19.1 Å². The van der Waals surface area contributed by atoms with Gasteiger partial charge in [0.05, 0.1) is 6.61 Å². The Morgan fingerprint density at radius 1 is 1.20 bits per heavy atom. The number of H-pyrrole nitrogens is 1. The number of aromatic hydroxyl groups is 1. The molecule has 2 N–H and O–H groups in total. The molecule has 0 bridgehead atoms. The van der Waals surface area contributed by atoms with Crippen molar-refractivity contribution >= 4 is 22.8 Å². The van der Waals surface area contributed by atoms with E-state index in [0.717, 1.165) is 22.0 Å². The number of hydrogen-bond donors (Lipinski definition) is 2. The molecule has 30 heavy (non-hydrogen) atoms. The zero-order valence-corrected chi connectivity index (χ0v) is 16.8. The van der Waals surface area contributed by atoms with E-state index in [1.54, 1.807) is 7.05 Å². The molecule has 0 radical (unpaired) electrons. The Morgan fingerprint density at radius 3 is 2.73 bits per heavy atom. The zero-order valence-electron chi connectivity index (χ0n) is 16.8. The number of ether oxygens (including phenoxy) is 1. The number of benzene rings is 2. The third-order valence-corrected chi connectivity index (χ3v) is 5.10. The molecule has 0 aliphatic carbocycles. The van der Waals surface area contributed by atoms with Gasteiger partial charge in [0.2, 0.25) is 0 Å². The van der Waals surface area contributed by atoms with Crippen molar-refractivity contribution in [2.45, 2.75) is 19.4 Å². The van der Waals surface area contributed by atoms with Crippen LogP contribution in [0.3, 0.4) is 0 Å². The number of para-hydroxylation sites is 1. The van der Waals surface area contributed by atoms with Crippen molar-refractivity contribution in [2.24, 2.45) is 0 Å². The quantitative estimate of drug-likeness (QED) is 0.481. The third kappa shape index (κ3) is 3.92. The summed E-state index contributed by atoms with van der Waals surface area (Å²) in [6, 6.07) is 17.5. The Bertz CT molecular complexity index is 1150. The number of carbonyl (C=O) groups is 1. The smallest absolute Gasteiger partial charge is 0.307 e. The highest BCUT2D eigenvalue weighted by Gasteiger charge is 2.25. The van der Waals surface area contributed by atoms with E-state index < -0.39 is 0 Å². The van der Waals surface area contributed by atoms with Gasteiger partial charge in [-0.25, -0.2) is 0 Å². The maximum absolute atomic E-state index is 12.4. The highest BCUT2D eigenvalue weighted by Crippen LogP contribution is 2.36. The molecular weight excluding hydrogens is 382 g/mol. The van der Waals surface area contributed by atoms with Crippen LogP contribution in [0.4, 0.5) is 6.01 Å². The van der Waals surface area contributed by atoms with Gasteiger partial charge in [-0.3, -0.25) is 9.69 Å². The maximum Gasteiger partial charge on any atom is 0.307 e. The molecule has 0 saturated carbocycles. The van der Waals surface area contributed by atoms with E-state index in [2.05, 4.69) is 9.97 Å². The average molecular weight is 405 g/mol. The minimum atomic E-state index is -0.321. The van der Waals surface area contributed by atoms with E-state index in [-0.39, 0.29) is 30.3 Å². The Kier molecular flexibility index (Phi) is 5.54. The van der Waals surface area contributed by atoms with E-state index in [4.69, 9.17) is 9.15 Å². The summed E-state index contributed by atoms with van der Waals surface area (Å²) in [6.45, 7) is 2.13. The van der Waals surface area contributed by atoms with Gasteiger partial charge >= 0.3 is 6.01 Å². The van der Waals surface area contributed by atoms with Crippen LogP contribution >= 0.6 is 0 Å². The second-order valence-electron chi connectivity index (χ2n) is 7.13. The lowest BCUT2D eigenvalue weighted by molar-refractivity contribution is -0.123. The number of rotatable bonds is 7. The van der Waals surface area contributed by atoms with Gasteiger partial charge in [0.15, 0.2) is 5.76 Å². The van der Waals surface area contributed by atoms with Gasteiger partial charge in [0.25, 0.3) is 11.8 Å². The first-order chi connectivity index (χ1) is 14.5. The van der Waals surface area contributed by atoms with Crippen LogP contribution in [0, 0.1) is 0 Å². The van der Waals surface area contributed by atoms with Crippen molar-refractivity contribution in [1.29, 1.82) is 0 Å². The zero-order chi connectivity index (χ0) is 21.1. The van der Waals surface area contributed by atoms with Crippen LogP contribution in [0.15, 0.2) is 65.2 Å². The monoisotopic (exact) mass is 405 g/mol. The molecule has 2 aromatic carbocycles. The van der Waals surface area contributed by atoms with E-state index in [9.17, 15) is 9.90 Å². The molecule has 1 atom stereocenters. The SMILES string of the molecule is C[C@@H](c1oc(N(C)C(=O)COCc2ccccc2)nc1O)c1c[nH]c2ccccc12. The molecule has 0 saturated heterocycles. The minimum absolute atomic E-state index is 0.0301. The van der Waals surface area contributed by atoms with E-state index in [0.29, 0.717) is 12.4 Å². The number of fused-ring (bicyclic) bond motifs is 1. The molecule has 0 spiro atoms. The number of nitrogens with one attached hydrogen (secondary N) is 1. The normalized spacial score (nSPS) is 12.2. The van der Waals surface area contributed by atoms with Gasteiger partial charge < -0.3 is 19.2 Å². The Labute approximate surface area is 173 Å². The number of carbonyl (C=O) groups excluding carboxylic acids is 1. The van der Waals surface area contributed by atoms with Crippen molar-refractivity contribution in [3.63, 3.8) is 0 Å². The number of aromatic amines is 1. The van der Waals surface area contributed by atoms with Crippen LogP contribution in [0.2, 0.25) is 0 Å². The predicted octanol–water partition coefficient (Wildman–Crippen LogP) is 4.19. The highest BCUT2D eigenvalue weighted by atomic mass is 16.5. The molecule has 154 valence electrons. The predicted molar refractivity (Wildman–Crippen MR) is 113 cm³/mol. The standard InChI is InChI=1S/C23H23N3O4/c1-15(18-12-24-19-11-7-6-10-17(18)19)21-22(28)25-23(30-21)26(2)20(27)14-29-13-16-8-4-3-5-9-16/h3-12,15,24,28H,13-14H2,1-2H3/t15-/m1/s1. The van der Waals surface area contributed by atoms with E-state index >= 15 is 0 Å². The maximum atomic E-state index is 12.4. The fraction of sp³-hybridized carbons (Fsp3) is 0.217. The van der Waals surface area contributed by atoms with E-state index in [1.165, 1.54) is 4.90 Å². The average Bonchev–Trinajstić information content (AvgIpc) is 3.37. The lowest BCUT2D eigenvalue weighted by Gasteiger charge is -2.13. The van der Waals surface area contributed by atoms with Crippen molar-refractivity contribution in [3.8, 4) is 5.88 Å². The molecule has 7 nitrogen and oxygen atoms in total. The first kappa shape index (κ1) is 19.7. The Balaban J connectivity index is 1.45. The number of aromatic nitrogens is 2. The number of hydrogen-bond acceptors (Lipinski definition) is 5. The molecule has 1 amide bonds. The first-order valence-corrected chi connectivity index (χ1v) is 9.68. The molecule has 4 aromatic rings. The van der Waals surface area contributed by atoms with Gasteiger partial charge in [-0.2, -0.15) is 4.98 Å². The van der Waals surface area contributed by atoms with Crippen LogP contribution in [0.5, 0.6) is 5.88 Å². The highest BCUT2D eigenvalue weighted by molar-refractivity contribution is 5.91. The summed E-state index contributed by atoms with van der Waals surface area (Å²) < 4.78 is 11.3. The molecule has 0 fully saturated rings. The molecule has 4 rings (SSSR count). The van der Waals surface area contributed by atoms with Gasteiger partial charge in [-0.05, 0) is 17.2 Å². The number of nitrogens with zero attached hydrogens (tertiary/aromatic N) is 2. The summed E-state index contributed by atoms with van der Waals surface area (Å²) in [6.07, 6.45) is 1.89. The van der Waals surface area contributed by atoms with Crippen molar-refractivity contribution in [3.05, 3.63) is 77.7 Å². The van der Waals surface area contributed by atoms with Crippen LogP contribution in [-0.4, -0.2) is 34.6 Å². The fourth-order valence-electron chi connectivity index (χ4n) is 3.37. The molecule has 0 aliphatic rings. The molecular formula is C23H23N3O4. The second-order valence-corrected chi connectivity index (χ2v) is 7.13. The molecule has 7 heteroatoms. The van der Waals surface area contributed by atoms with Gasteiger partial charge in [0.1, 0.15) is 6.61 Å². The first-order valence-electron chi connectivity index (χ1n) is 9.68. The Hall–Kier alpha value is -3.58.